The molecule has 2 rings (SSSR count). The number of hydrogen-bond donors (Lipinski definition) is 2. The summed E-state index contributed by atoms with van der Waals surface area (Å²) in [5.41, 5.74) is 1.98. The molecular weight excluding hydrogens is 344 g/mol. The number of hydrogen-bond acceptors (Lipinski definition) is 6. The number of rotatable bonds is 6. The average molecular weight is 363 g/mol. The van der Waals surface area contributed by atoms with Crippen molar-refractivity contribution in [2.24, 2.45) is 0 Å². The quantitative estimate of drug-likeness (QED) is 0.709. The SMILES string of the molecule is COc1cc([C@H]2NC(=S)NC(C)=C2C(C)=O)ccc1O[C@@H](C)C(=O)[O-]. The number of methoxy groups -OCH3 is 1. The van der Waals surface area contributed by atoms with E-state index in [1.807, 2.05) is 0 Å². The lowest BCUT2D eigenvalue weighted by Crippen LogP contribution is -2.44. The second-order valence-corrected chi connectivity index (χ2v) is 6.02. The molecule has 7 nitrogen and oxygen atoms in total. The van der Waals surface area contributed by atoms with Gasteiger partial charge in [-0.3, -0.25) is 4.79 Å². The standard InChI is InChI=1S/C17H20N2O5S/c1-8-14(9(2)20)15(19-17(25)18-8)11-5-6-12(13(7-11)23-4)24-10(3)16(21)22/h5-7,10,15H,1-4H3,(H,21,22)(H2,18,19,25)/p-1/t10-,15+/m0/s1. The fourth-order valence-corrected chi connectivity index (χ4v) is 2.88. The highest BCUT2D eigenvalue weighted by atomic mass is 32.1. The molecule has 0 fully saturated rings. The number of ketones is 1. The Morgan fingerprint density at radius 3 is 2.56 bits per heavy atom. The van der Waals surface area contributed by atoms with Gasteiger partial charge in [0.15, 0.2) is 22.4 Å². The highest BCUT2D eigenvalue weighted by molar-refractivity contribution is 7.80. The summed E-state index contributed by atoms with van der Waals surface area (Å²) in [6.07, 6.45) is -1.13. The minimum absolute atomic E-state index is 0.0881. The maximum atomic E-state index is 12.0. The van der Waals surface area contributed by atoms with Gasteiger partial charge in [-0.15, -0.1) is 0 Å². The largest absolute Gasteiger partial charge is 0.546 e. The summed E-state index contributed by atoms with van der Waals surface area (Å²) in [6.45, 7) is 4.64. The van der Waals surface area contributed by atoms with Crippen molar-refractivity contribution < 1.29 is 24.2 Å². The lowest BCUT2D eigenvalue weighted by Gasteiger charge is -2.30. The monoisotopic (exact) mass is 363 g/mol. The molecule has 0 unspecified atom stereocenters. The Morgan fingerprint density at radius 2 is 2.00 bits per heavy atom. The van der Waals surface area contributed by atoms with Crippen LogP contribution in [0.15, 0.2) is 29.5 Å². The normalized spacial score (nSPS) is 18.1. The molecule has 1 aliphatic heterocycles. The molecular formula is C17H19N2O5S-. The molecule has 0 spiro atoms. The molecule has 0 saturated heterocycles. The first-order valence-electron chi connectivity index (χ1n) is 7.59. The van der Waals surface area contributed by atoms with Gasteiger partial charge in [0.1, 0.15) is 6.10 Å². The molecule has 0 aliphatic carbocycles. The molecule has 1 aliphatic rings. The minimum atomic E-state index is -1.33. The first kappa shape index (κ1) is 18.7. The average Bonchev–Trinajstić information content (AvgIpc) is 2.53. The third-order valence-corrected chi connectivity index (χ3v) is 4.03. The number of allylic oxidation sites excluding steroid dienone is 1. The number of carboxylic acid groups (broad SMARTS) is 1. The van der Waals surface area contributed by atoms with Crippen molar-refractivity contribution >= 4 is 29.1 Å². The van der Waals surface area contributed by atoms with E-state index in [9.17, 15) is 14.7 Å². The van der Waals surface area contributed by atoms with Gasteiger partial charge in [-0.05, 0) is 50.7 Å². The van der Waals surface area contributed by atoms with E-state index in [4.69, 9.17) is 21.7 Å². The Morgan fingerprint density at radius 1 is 1.32 bits per heavy atom. The van der Waals surface area contributed by atoms with Crippen LogP contribution in [-0.2, 0) is 9.59 Å². The number of carboxylic acids is 1. The number of ether oxygens (including phenoxy) is 2. The van der Waals surface area contributed by atoms with Crippen LogP contribution in [0.5, 0.6) is 11.5 Å². The number of aliphatic carboxylic acids is 1. The molecule has 134 valence electrons. The number of nitrogens with one attached hydrogen (secondary N) is 2. The molecule has 0 radical (unpaired) electrons. The Bertz CT molecular complexity index is 759. The van der Waals surface area contributed by atoms with Crippen LogP contribution in [0.1, 0.15) is 32.4 Å². The Balaban J connectivity index is 2.42. The zero-order valence-electron chi connectivity index (χ0n) is 14.3. The second-order valence-electron chi connectivity index (χ2n) is 5.62. The second kappa shape index (κ2) is 7.52. The maximum Gasteiger partial charge on any atom is 0.171 e. The summed E-state index contributed by atoms with van der Waals surface area (Å²) < 4.78 is 10.6. The third-order valence-electron chi connectivity index (χ3n) is 3.81. The fourth-order valence-electron chi connectivity index (χ4n) is 2.61. The summed E-state index contributed by atoms with van der Waals surface area (Å²) in [6, 6.07) is 4.56. The van der Waals surface area contributed by atoms with Crippen LogP contribution in [-0.4, -0.2) is 30.1 Å². The van der Waals surface area contributed by atoms with Crippen molar-refractivity contribution in [2.45, 2.75) is 32.9 Å². The summed E-state index contributed by atoms with van der Waals surface area (Å²) in [5.74, 6) is -0.800. The van der Waals surface area contributed by atoms with Crippen molar-refractivity contribution in [3.05, 3.63) is 35.0 Å². The van der Waals surface area contributed by atoms with E-state index >= 15 is 0 Å². The van der Waals surface area contributed by atoms with Gasteiger partial charge in [0.2, 0.25) is 0 Å². The van der Waals surface area contributed by atoms with Gasteiger partial charge < -0.3 is 30.0 Å². The molecule has 0 amide bonds. The number of carbonyl (C=O) groups is 2. The zero-order chi connectivity index (χ0) is 18.7. The molecule has 0 aromatic heterocycles. The maximum absolute atomic E-state index is 12.0. The third kappa shape index (κ3) is 4.08. The lowest BCUT2D eigenvalue weighted by atomic mass is 9.93. The van der Waals surface area contributed by atoms with Crippen molar-refractivity contribution in [1.29, 1.82) is 0 Å². The molecule has 0 bridgehead atoms. The number of Topliss-reactive ketones (excluding diaryl/α,β-unsaturated/α-hetero) is 1. The predicted molar refractivity (Wildman–Crippen MR) is 93.1 cm³/mol. The van der Waals surface area contributed by atoms with E-state index in [1.54, 1.807) is 25.1 Å². The van der Waals surface area contributed by atoms with E-state index < -0.39 is 18.1 Å². The van der Waals surface area contributed by atoms with Crippen LogP contribution in [0.4, 0.5) is 0 Å². The number of carbonyl (C=O) groups excluding carboxylic acids is 2. The molecule has 1 aromatic carbocycles. The first-order chi connectivity index (χ1) is 11.7. The highest BCUT2D eigenvalue weighted by Crippen LogP contribution is 2.34. The van der Waals surface area contributed by atoms with E-state index in [1.165, 1.54) is 21.0 Å². The number of thiocarbonyl (C=S) groups is 1. The van der Waals surface area contributed by atoms with Gasteiger partial charge in [-0.25, -0.2) is 0 Å². The van der Waals surface area contributed by atoms with E-state index in [0.29, 0.717) is 22.1 Å². The first-order valence-corrected chi connectivity index (χ1v) is 8.00. The van der Waals surface area contributed by atoms with Crippen LogP contribution >= 0.6 is 12.2 Å². The van der Waals surface area contributed by atoms with E-state index in [0.717, 1.165) is 5.56 Å². The Kier molecular flexibility index (Phi) is 5.63. The molecule has 2 atom stereocenters. The van der Waals surface area contributed by atoms with Crippen LogP contribution in [0.3, 0.4) is 0 Å². The van der Waals surface area contributed by atoms with E-state index in [-0.39, 0.29) is 11.5 Å². The topological polar surface area (TPSA) is 99.7 Å². The van der Waals surface area contributed by atoms with Crippen LogP contribution in [0.25, 0.3) is 0 Å². The van der Waals surface area contributed by atoms with Gasteiger partial charge >= 0.3 is 0 Å². The van der Waals surface area contributed by atoms with Gasteiger partial charge in [0.05, 0.1) is 19.1 Å². The van der Waals surface area contributed by atoms with Gasteiger partial charge in [-0.2, -0.15) is 0 Å². The summed E-state index contributed by atoms with van der Waals surface area (Å²) in [5, 5.41) is 17.3. The van der Waals surface area contributed by atoms with Crippen LogP contribution in [0.2, 0.25) is 0 Å². The molecule has 1 aromatic rings. The zero-order valence-corrected chi connectivity index (χ0v) is 15.2. The lowest BCUT2D eigenvalue weighted by molar-refractivity contribution is -0.312. The molecule has 2 N–H and O–H groups in total. The molecule has 25 heavy (non-hydrogen) atoms. The fraction of sp³-hybridized carbons (Fsp3) is 0.353. The molecule has 8 heteroatoms. The van der Waals surface area contributed by atoms with Crippen LogP contribution in [0, 0.1) is 0 Å². The van der Waals surface area contributed by atoms with Crippen molar-refractivity contribution in [3.63, 3.8) is 0 Å². The van der Waals surface area contributed by atoms with Crippen molar-refractivity contribution in [1.82, 2.24) is 10.6 Å². The summed E-state index contributed by atoms with van der Waals surface area (Å²) in [7, 11) is 1.45. The predicted octanol–water partition coefficient (Wildman–Crippen LogP) is 0.594. The van der Waals surface area contributed by atoms with Crippen LogP contribution < -0.4 is 25.2 Å². The summed E-state index contributed by atoms with van der Waals surface area (Å²) >= 11 is 5.18. The highest BCUT2D eigenvalue weighted by Gasteiger charge is 2.28. The smallest absolute Gasteiger partial charge is 0.171 e. The van der Waals surface area contributed by atoms with Crippen molar-refractivity contribution in [3.8, 4) is 11.5 Å². The Hall–Kier alpha value is -2.61. The molecule has 1 heterocycles. The van der Waals surface area contributed by atoms with E-state index in [2.05, 4.69) is 10.6 Å². The molecule has 0 saturated carbocycles. The summed E-state index contributed by atoms with van der Waals surface area (Å²) in [4.78, 5) is 22.9. The van der Waals surface area contributed by atoms with Gasteiger partial charge in [-0.1, -0.05) is 6.07 Å². The van der Waals surface area contributed by atoms with Gasteiger partial charge in [0, 0.05) is 11.3 Å². The van der Waals surface area contributed by atoms with Crippen molar-refractivity contribution in [2.75, 3.05) is 7.11 Å². The number of benzene rings is 1. The minimum Gasteiger partial charge on any atom is -0.546 e. The van der Waals surface area contributed by atoms with Gasteiger partial charge in [0.25, 0.3) is 0 Å². The Labute approximate surface area is 151 Å².